The molecule has 0 radical (unpaired) electrons. The molecule has 0 bridgehead atoms. The van der Waals surface area contributed by atoms with E-state index in [4.69, 9.17) is 0 Å². The van der Waals surface area contributed by atoms with Crippen LogP contribution in [0.5, 0.6) is 0 Å². The molecular weight excluding hydrogens is 244 g/mol. The molecule has 0 N–H and O–H groups in total. The SMILES string of the molecule is CCCCCC(C)(CCCC)C1CCS(=O)(=O)C1. The Morgan fingerprint density at radius 2 is 1.67 bits per heavy atom. The van der Waals surface area contributed by atoms with Crippen LogP contribution in [-0.2, 0) is 9.84 Å². The predicted octanol–water partition coefficient (Wildman–Crippen LogP) is 4.20. The lowest BCUT2D eigenvalue weighted by Crippen LogP contribution is -2.28. The standard InChI is InChI=1S/C15H30O2S/c1-4-6-8-11-15(3,10-7-5-2)14-9-12-18(16,17)13-14/h14H,4-13H2,1-3H3. The molecule has 1 saturated heterocycles. The van der Waals surface area contributed by atoms with Crippen LogP contribution in [0.25, 0.3) is 0 Å². The minimum atomic E-state index is -2.73. The van der Waals surface area contributed by atoms with Gasteiger partial charge in [0.05, 0.1) is 11.5 Å². The van der Waals surface area contributed by atoms with Crippen molar-refractivity contribution in [3.8, 4) is 0 Å². The van der Waals surface area contributed by atoms with Crippen LogP contribution >= 0.6 is 0 Å². The topological polar surface area (TPSA) is 34.1 Å². The van der Waals surface area contributed by atoms with Crippen molar-refractivity contribution in [2.24, 2.45) is 11.3 Å². The Labute approximate surface area is 113 Å². The molecule has 0 aliphatic carbocycles. The van der Waals surface area contributed by atoms with Crippen molar-refractivity contribution in [2.45, 2.75) is 72.1 Å². The van der Waals surface area contributed by atoms with E-state index >= 15 is 0 Å². The Balaban J connectivity index is 2.64. The second kappa shape index (κ2) is 6.93. The van der Waals surface area contributed by atoms with Crippen molar-refractivity contribution in [1.29, 1.82) is 0 Å². The Hall–Kier alpha value is -0.0500. The van der Waals surface area contributed by atoms with E-state index in [0.717, 1.165) is 6.42 Å². The number of hydrogen-bond donors (Lipinski definition) is 0. The first-order valence-electron chi connectivity index (χ1n) is 7.64. The van der Waals surface area contributed by atoms with E-state index in [0.29, 0.717) is 17.4 Å². The average Bonchev–Trinajstić information content (AvgIpc) is 2.68. The summed E-state index contributed by atoms with van der Waals surface area (Å²) in [4.78, 5) is 0. The summed E-state index contributed by atoms with van der Waals surface area (Å²) in [6.45, 7) is 6.78. The molecule has 0 aromatic rings. The second-order valence-electron chi connectivity index (χ2n) is 6.31. The second-order valence-corrected chi connectivity index (χ2v) is 8.54. The molecule has 0 saturated carbocycles. The molecule has 1 fully saturated rings. The molecular formula is C15H30O2S. The summed E-state index contributed by atoms with van der Waals surface area (Å²) in [7, 11) is -2.73. The maximum atomic E-state index is 11.7. The van der Waals surface area contributed by atoms with Gasteiger partial charge >= 0.3 is 0 Å². The molecule has 18 heavy (non-hydrogen) atoms. The maximum Gasteiger partial charge on any atom is 0.150 e. The van der Waals surface area contributed by atoms with Gasteiger partial charge in [0.1, 0.15) is 0 Å². The van der Waals surface area contributed by atoms with Crippen molar-refractivity contribution in [2.75, 3.05) is 11.5 Å². The van der Waals surface area contributed by atoms with Crippen molar-refractivity contribution in [3.05, 3.63) is 0 Å². The maximum absolute atomic E-state index is 11.7. The highest BCUT2D eigenvalue weighted by Gasteiger charge is 2.40. The van der Waals surface area contributed by atoms with Crippen LogP contribution in [0.3, 0.4) is 0 Å². The quantitative estimate of drug-likeness (QED) is 0.622. The van der Waals surface area contributed by atoms with Crippen molar-refractivity contribution in [1.82, 2.24) is 0 Å². The summed E-state index contributed by atoms with van der Waals surface area (Å²) in [6, 6.07) is 0. The monoisotopic (exact) mass is 274 g/mol. The third-order valence-corrected chi connectivity index (χ3v) is 6.44. The lowest BCUT2D eigenvalue weighted by atomic mass is 9.70. The van der Waals surface area contributed by atoms with Gasteiger partial charge in [-0.3, -0.25) is 0 Å². The molecule has 1 aliphatic rings. The van der Waals surface area contributed by atoms with E-state index in [1.807, 2.05) is 0 Å². The Bertz CT molecular complexity index is 334. The molecule has 0 spiro atoms. The summed E-state index contributed by atoms with van der Waals surface area (Å²) in [6.07, 6.45) is 9.53. The number of rotatable bonds is 8. The van der Waals surface area contributed by atoms with Crippen LogP contribution in [0, 0.1) is 11.3 Å². The first-order valence-corrected chi connectivity index (χ1v) is 9.46. The summed E-state index contributed by atoms with van der Waals surface area (Å²) in [5.41, 5.74) is 0.259. The summed E-state index contributed by atoms with van der Waals surface area (Å²) < 4.78 is 23.4. The summed E-state index contributed by atoms with van der Waals surface area (Å²) in [5, 5.41) is 0. The van der Waals surface area contributed by atoms with Crippen LogP contribution in [-0.4, -0.2) is 19.9 Å². The first-order chi connectivity index (χ1) is 8.43. The van der Waals surface area contributed by atoms with Crippen LogP contribution in [0.2, 0.25) is 0 Å². The molecule has 108 valence electrons. The smallest absolute Gasteiger partial charge is 0.150 e. The van der Waals surface area contributed by atoms with E-state index in [2.05, 4.69) is 20.8 Å². The lowest BCUT2D eigenvalue weighted by Gasteiger charge is -2.35. The van der Waals surface area contributed by atoms with E-state index in [1.54, 1.807) is 0 Å². The molecule has 3 heteroatoms. The van der Waals surface area contributed by atoms with Crippen LogP contribution in [0.15, 0.2) is 0 Å². The third kappa shape index (κ3) is 4.56. The number of sulfone groups is 1. The highest BCUT2D eigenvalue weighted by atomic mass is 32.2. The highest BCUT2D eigenvalue weighted by Crippen LogP contribution is 2.43. The van der Waals surface area contributed by atoms with Gasteiger partial charge in [0.15, 0.2) is 9.84 Å². The molecule has 1 aliphatic heterocycles. The van der Waals surface area contributed by atoms with Gasteiger partial charge in [-0.25, -0.2) is 8.42 Å². The Morgan fingerprint density at radius 3 is 2.17 bits per heavy atom. The highest BCUT2D eigenvalue weighted by molar-refractivity contribution is 7.91. The van der Waals surface area contributed by atoms with Gasteiger partial charge < -0.3 is 0 Å². The summed E-state index contributed by atoms with van der Waals surface area (Å²) in [5.74, 6) is 1.28. The normalized spacial score (nSPS) is 26.1. The van der Waals surface area contributed by atoms with Gasteiger partial charge in [0, 0.05) is 0 Å². The zero-order valence-corrected chi connectivity index (χ0v) is 13.2. The molecule has 0 aromatic carbocycles. The molecule has 1 heterocycles. The van der Waals surface area contributed by atoms with Crippen LogP contribution < -0.4 is 0 Å². The minimum Gasteiger partial charge on any atom is -0.229 e. The van der Waals surface area contributed by atoms with Gasteiger partial charge in [-0.05, 0) is 30.6 Å². The summed E-state index contributed by atoms with van der Waals surface area (Å²) >= 11 is 0. The molecule has 2 nitrogen and oxygen atoms in total. The largest absolute Gasteiger partial charge is 0.229 e. The van der Waals surface area contributed by atoms with Crippen molar-refractivity contribution < 1.29 is 8.42 Å². The lowest BCUT2D eigenvalue weighted by molar-refractivity contribution is 0.161. The fraction of sp³-hybridized carbons (Fsp3) is 1.00. The van der Waals surface area contributed by atoms with Gasteiger partial charge in [0.2, 0.25) is 0 Å². The molecule has 1 rings (SSSR count). The fourth-order valence-corrected chi connectivity index (χ4v) is 5.23. The van der Waals surface area contributed by atoms with Crippen LogP contribution in [0.4, 0.5) is 0 Å². The van der Waals surface area contributed by atoms with E-state index in [1.165, 1.54) is 44.9 Å². The van der Waals surface area contributed by atoms with Gasteiger partial charge in [0.25, 0.3) is 0 Å². The van der Waals surface area contributed by atoms with Gasteiger partial charge in [-0.15, -0.1) is 0 Å². The third-order valence-electron chi connectivity index (χ3n) is 4.67. The average molecular weight is 274 g/mol. The number of unbranched alkanes of at least 4 members (excludes halogenated alkanes) is 3. The molecule has 0 aromatic heterocycles. The van der Waals surface area contributed by atoms with Crippen molar-refractivity contribution in [3.63, 3.8) is 0 Å². The molecule has 0 amide bonds. The number of hydrogen-bond acceptors (Lipinski definition) is 2. The first kappa shape index (κ1) is 16.0. The Morgan fingerprint density at radius 1 is 1.06 bits per heavy atom. The van der Waals surface area contributed by atoms with Gasteiger partial charge in [-0.1, -0.05) is 52.9 Å². The zero-order valence-electron chi connectivity index (χ0n) is 12.4. The Kier molecular flexibility index (Phi) is 6.16. The van der Waals surface area contributed by atoms with Crippen molar-refractivity contribution >= 4 is 9.84 Å². The molecule has 2 atom stereocenters. The molecule has 2 unspecified atom stereocenters. The van der Waals surface area contributed by atoms with E-state index in [9.17, 15) is 8.42 Å². The van der Waals surface area contributed by atoms with E-state index in [-0.39, 0.29) is 5.41 Å². The van der Waals surface area contributed by atoms with Crippen LogP contribution in [0.1, 0.15) is 72.1 Å². The fourth-order valence-electron chi connectivity index (χ4n) is 3.24. The zero-order chi connectivity index (χ0) is 13.6. The van der Waals surface area contributed by atoms with Gasteiger partial charge in [-0.2, -0.15) is 0 Å². The van der Waals surface area contributed by atoms with E-state index < -0.39 is 9.84 Å². The minimum absolute atomic E-state index is 0.259. The predicted molar refractivity (Wildman–Crippen MR) is 78.5 cm³/mol.